The Bertz CT molecular complexity index is 486. The van der Waals surface area contributed by atoms with Crippen molar-refractivity contribution in [3.63, 3.8) is 0 Å². The van der Waals surface area contributed by atoms with Crippen LogP contribution < -0.4 is 0 Å². The first-order valence-corrected chi connectivity index (χ1v) is 7.81. The zero-order chi connectivity index (χ0) is 12.4. The van der Waals surface area contributed by atoms with Crippen LogP contribution >= 0.6 is 7.80 Å². The minimum atomic E-state index is -1.19. The largest absolute Gasteiger partial charge is 0.354 e. The van der Waals surface area contributed by atoms with E-state index in [4.69, 9.17) is 0 Å². The van der Waals surface area contributed by atoms with Crippen LogP contribution in [0.4, 0.5) is 0 Å². The van der Waals surface area contributed by atoms with Gasteiger partial charge >= 0.3 is 7.80 Å². The summed E-state index contributed by atoms with van der Waals surface area (Å²) >= 11 is 0. The van der Waals surface area contributed by atoms with Crippen molar-refractivity contribution < 1.29 is 4.57 Å². The molecule has 18 heavy (non-hydrogen) atoms. The highest BCUT2D eigenvalue weighted by Crippen LogP contribution is 2.62. The molecular weight excluding hydrogens is 239 g/mol. The van der Waals surface area contributed by atoms with Gasteiger partial charge in [-0.3, -0.25) is 0 Å². The molecule has 2 atom stereocenters. The smallest absolute Gasteiger partial charge is 0.0734 e. The van der Waals surface area contributed by atoms with Crippen molar-refractivity contribution >= 4 is 7.80 Å². The molecule has 0 unspecified atom stereocenters. The van der Waals surface area contributed by atoms with E-state index in [0.717, 1.165) is 12.8 Å². The van der Waals surface area contributed by atoms with Gasteiger partial charge in [0.25, 0.3) is 0 Å². The van der Waals surface area contributed by atoms with E-state index >= 15 is 0 Å². The van der Waals surface area contributed by atoms with E-state index in [9.17, 15) is 4.57 Å². The maximum absolute atomic E-state index is 12.7. The lowest BCUT2D eigenvalue weighted by Gasteiger charge is -2.01. The Balaban J connectivity index is 1.86. The van der Waals surface area contributed by atoms with Crippen LogP contribution in [0, 0.1) is 0 Å². The van der Waals surface area contributed by atoms with Gasteiger partial charge < -0.3 is 0 Å². The minimum Gasteiger partial charge on any atom is -0.0734 e. The molecule has 2 heteroatoms. The normalized spacial score (nSPS) is 23.2. The molecule has 0 aliphatic carbocycles. The summed E-state index contributed by atoms with van der Waals surface area (Å²) in [5, 5.41) is 0. The van der Waals surface area contributed by atoms with Crippen molar-refractivity contribution in [1.29, 1.82) is 0 Å². The van der Waals surface area contributed by atoms with Gasteiger partial charge in [-0.2, -0.15) is 0 Å². The maximum atomic E-state index is 12.7. The second kappa shape index (κ2) is 5.04. The van der Waals surface area contributed by atoms with Crippen molar-refractivity contribution in [3.8, 4) is 0 Å². The van der Waals surface area contributed by atoms with Crippen molar-refractivity contribution in [2.75, 3.05) is 0 Å². The van der Waals surface area contributed by atoms with E-state index in [0.29, 0.717) is 0 Å². The SMILES string of the molecule is O=[P+]1[C@H](c2ccccc2)CC[C@H]1c1ccccc1. The van der Waals surface area contributed by atoms with E-state index in [2.05, 4.69) is 24.3 Å². The molecular formula is C16H16OP+. The molecule has 1 heterocycles. The lowest BCUT2D eigenvalue weighted by Crippen LogP contribution is -1.88. The van der Waals surface area contributed by atoms with Crippen LogP contribution in [0.1, 0.15) is 35.3 Å². The van der Waals surface area contributed by atoms with Gasteiger partial charge in [0.1, 0.15) is 0 Å². The quantitative estimate of drug-likeness (QED) is 0.683. The molecule has 2 aromatic rings. The van der Waals surface area contributed by atoms with Gasteiger partial charge in [0.2, 0.25) is 0 Å². The van der Waals surface area contributed by atoms with E-state index < -0.39 is 7.80 Å². The fourth-order valence-corrected chi connectivity index (χ4v) is 4.94. The summed E-state index contributed by atoms with van der Waals surface area (Å²) in [7, 11) is -1.19. The Morgan fingerprint density at radius 1 is 0.722 bits per heavy atom. The molecule has 0 spiro atoms. The molecule has 1 aliphatic rings. The molecule has 0 bridgehead atoms. The molecule has 1 fully saturated rings. The third-order valence-electron chi connectivity index (χ3n) is 3.70. The zero-order valence-corrected chi connectivity index (χ0v) is 11.1. The van der Waals surface area contributed by atoms with Gasteiger partial charge in [-0.15, -0.1) is 0 Å². The summed E-state index contributed by atoms with van der Waals surface area (Å²) in [4.78, 5) is 0. The highest BCUT2D eigenvalue weighted by atomic mass is 31.1. The predicted molar refractivity (Wildman–Crippen MR) is 75.2 cm³/mol. The van der Waals surface area contributed by atoms with Crippen molar-refractivity contribution in [1.82, 2.24) is 0 Å². The molecule has 1 saturated heterocycles. The summed E-state index contributed by atoms with van der Waals surface area (Å²) in [5.41, 5.74) is 2.95. The lowest BCUT2D eigenvalue weighted by atomic mass is 10.0. The van der Waals surface area contributed by atoms with Gasteiger partial charge in [-0.25, -0.2) is 0 Å². The standard InChI is InChI=1S/C16H16OP/c17-18-15(13-7-3-1-4-8-13)11-12-16(18)14-9-5-2-6-10-14/h1-10,15-16H,11-12H2/q+1/t15-,16-/m0/s1. The third kappa shape index (κ3) is 2.11. The monoisotopic (exact) mass is 255 g/mol. The Labute approximate surface area is 109 Å². The molecule has 90 valence electrons. The van der Waals surface area contributed by atoms with E-state index in [1.54, 1.807) is 0 Å². The Morgan fingerprint density at radius 3 is 1.50 bits per heavy atom. The summed E-state index contributed by atoms with van der Waals surface area (Å²) in [6, 6.07) is 20.6. The van der Waals surface area contributed by atoms with E-state index in [1.807, 2.05) is 36.4 Å². The zero-order valence-electron chi connectivity index (χ0n) is 10.2. The average Bonchev–Trinajstić information content (AvgIpc) is 2.83. The van der Waals surface area contributed by atoms with Gasteiger partial charge in [0.15, 0.2) is 11.3 Å². The van der Waals surface area contributed by atoms with Crippen molar-refractivity contribution in [3.05, 3.63) is 71.8 Å². The topological polar surface area (TPSA) is 17.1 Å². The highest BCUT2D eigenvalue weighted by Gasteiger charge is 2.47. The van der Waals surface area contributed by atoms with Crippen LogP contribution in [0.25, 0.3) is 0 Å². The molecule has 0 N–H and O–H groups in total. The second-order valence-corrected chi connectivity index (χ2v) is 6.76. The first kappa shape index (κ1) is 11.6. The molecule has 0 amide bonds. The third-order valence-corrected chi connectivity index (χ3v) is 6.04. The lowest BCUT2D eigenvalue weighted by molar-refractivity contribution is 0.581. The van der Waals surface area contributed by atoms with E-state index in [-0.39, 0.29) is 11.3 Å². The van der Waals surface area contributed by atoms with Gasteiger partial charge in [-0.1, -0.05) is 65.2 Å². The minimum absolute atomic E-state index is 0.242. The molecule has 0 aromatic heterocycles. The van der Waals surface area contributed by atoms with Crippen LogP contribution in [0.2, 0.25) is 0 Å². The van der Waals surface area contributed by atoms with Crippen LogP contribution in [0.15, 0.2) is 60.7 Å². The fraction of sp³-hybridized carbons (Fsp3) is 0.250. The summed E-state index contributed by atoms with van der Waals surface area (Å²) in [6.07, 6.45) is 2.08. The average molecular weight is 255 g/mol. The molecule has 0 saturated carbocycles. The Kier molecular flexibility index (Phi) is 3.25. The second-order valence-electron chi connectivity index (χ2n) is 4.79. The number of benzene rings is 2. The summed E-state index contributed by atoms with van der Waals surface area (Å²) in [5.74, 6) is 0. The summed E-state index contributed by atoms with van der Waals surface area (Å²) in [6.45, 7) is 0. The van der Waals surface area contributed by atoms with Gasteiger partial charge in [0.05, 0.1) is 0 Å². The number of rotatable bonds is 2. The van der Waals surface area contributed by atoms with E-state index in [1.165, 1.54) is 11.1 Å². The Hall–Kier alpha value is -1.46. The van der Waals surface area contributed by atoms with Crippen LogP contribution in [0.5, 0.6) is 0 Å². The first-order valence-electron chi connectivity index (χ1n) is 6.41. The van der Waals surface area contributed by atoms with Gasteiger partial charge in [-0.05, 0) is 0 Å². The summed E-state index contributed by atoms with van der Waals surface area (Å²) < 4.78 is 12.7. The maximum Gasteiger partial charge on any atom is 0.354 e. The van der Waals surface area contributed by atoms with Crippen LogP contribution in [0.3, 0.4) is 0 Å². The van der Waals surface area contributed by atoms with Crippen molar-refractivity contribution in [2.45, 2.75) is 24.2 Å². The highest BCUT2D eigenvalue weighted by molar-refractivity contribution is 7.46. The molecule has 2 aromatic carbocycles. The van der Waals surface area contributed by atoms with Crippen LogP contribution in [-0.2, 0) is 4.57 Å². The molecule has 3 rings (SSSR count). The van der Waals surface area contributed by atoms with Gasteiger partial charge in [0, 0.05) is 24.0 Å². The molecule has 1 nitrogen and oxygen atoms in total. The molecule has 1 aliphatic heterocycles. The predicted octanol–water partition coefficient (Wildman–Crippen LogP) is 5.09. The van der Waals surface area contributed by atoms with Crippen LogP contribution in [-0.4, -0.2) is 0 Å². The number of hydrogen-bond donors (Lipinski definition) is 0. The first-order chi connectivity index (χ1) is 8.86. The number of hydrogen-bond acceptors (Lipinski definition) is 1. The molecule has 0 radical (unpaired) electrons. The Morgan fingerprint density at radius 2 is 1.11 bits per heavy atom. The fourth-order valence-electron chi connectivity index (χ4n) is 2.76. The van der Waals surface area contributed by atoms with Crippen molar-refractivity contribution in [2.24, 2.45) is 0 Å².